The highest BCUT2D eigenvalue weighted by molar-refractivity contribution is 6.13. The lowest BCUT2D eigenvalue weighted by Gasteiger charge is -2.06. The van der Waals surface area contributed by atoms with Crippen molar-refractivity contribution >= 4 is 21.9 Å². The second-order valence-corrected chi connectivity index (χ2v) is 5.84. The van der Waals surface area contributed by atoms with Crippen LogP contribution in [0.25, 0.3) is 33.2 Å². The van der Waals surface area contributed by atoms with E-state index in [0.717, 1.165) is 16.8 Å². The maximum absolute atomic E-state index is 14.6. The van der Waals surface area contributed by atoms with Gasteiger partial charge in [-0.1, -0.05) is 6.07 Å². The van der Waals surface area contributed by atoms with E-state index in [0.29, 0.717) is 27.5 Å². The van der Waals surface area contributed by atoms with Crippen LogP contribution in [0.2, 0.25) is 0 Å². The quantitative estimate of drug-likeness (QED) is 0.488. The van der Waals surface area contributed by atoms with E-state index >= 15 is 0 Å². The number of rotatable bonds is 1. The molecule has 4 heteroatoms. The van der Waals surface area contributed by atoms with Gasteiger partial charge in [-0.15, -0.1) is 0 Å². The first-order valence-corrected chi connectivity index (χ1v) is 7.61. The Kier molecular flexibility index (Phi) is 3.10. The molecule has 0 saturated heterocycles. The molecule has 0 bridgehead atoms. The minimum Gasteiger partial charge on any atom is -0.455 e. The van der Waals surface area contributed by atoms with Gasteiger partial charge < -0.3 is 4.42 Å². The first kappa shape index (κ1) is 14.4. The maximum atomic E-state index is 14.6. The molecule has 2 aromatic carbocycles. The molecule has 0 aliphatic carbocycles. The molecule has 0 N–H and O–H groups in total. The van der Waals surface area contributed by atoms with E-state index in [1.54, 1.807) is 0 Å². The molecule has 4 aromatic rings. The van der Waals surface area contributed by atoms with Crippen molar-refractivity contribution < 1.29 is 13.4 Å². The van der Waals surface area contributed by atoms with Crippen LogP contribution in [0, 0.1) is 24.1 Å². The van der Waals surface area contributed by atoms with E-state index < -0.39 is 0 Å². The first-order valence-electron chi connectivity index (χ1n) is 7.61. The Morgan fingerprint density at radius 3 is 2.67 bits per heavy atom. The highest BCUT2D eigenvalue weighted by Gasteiger charge is 2.23. The molecular formula is C20H14FN2O+. The Morgan fingerprint density at radius 2 is 1.92 bits per heavy atom. The average Bonchev–Trinajstić information content (AvgIpc) is 2.97. The van der Waals surface area contributed by atoms with Crippen molar-refractivity contribution in [1.29, 1.82) is 5.26 Å². The van der Waals surface area contributed by atoms with Gasteiger partial charge in [0.05, 0.1) is 16.5 Å². The van der Waals surface area contributed by atoms with Gasteiger partial charge in [-0.05, 0) is 36.8 Å². The van der Waals surface area contributed by atoms with E-state index in [-0.39, 0.29) is 5.82 Å². The predicted octanol–water partition coefficient (Wildman–Crippen LogP) is 4.40. The van der Waals surface area contributed by atoms with Crippen molar-refractivity contribution in [3.05, 3.63) is 65.6 Å². The van der Waals surface area contributed by atoms with Crippen molar-refractivity contribution in [2.24, 2.45) is 7.05 Å². The fourth-order valence-corrected chi connectivity index (χ4v) is 3.23. The van der Waals surface area contributed by atoms with E-state index in [4.69, 9.17) is 4.42 Å². The number of aromatic nitrogens is 1. The van der Waals surface area contributed by atoms with E-state index in [2.05, 4.69) is 6.07 Å². The summed E-state index contributed by atoms with van der Waals surface area (Å²) in [5, 5.41) is 10.4. The smallest absolute Gasteiger partial charge is 0.213 e. The summed E-state index contributed by atoms with van der Waals surface area (Å²) in [4.78, 5) is 0. The molecule has 0 unspecified atom stereocenters. The highest BCUT2D eigenvalue weighted by atomic mass is 19.1. The SMILES string of the molecule is Cc1ccc2oc3c(C#N)ccc(F)c3c2c1-c1cccc[n+]1C. The Hall–Kier alpha value is -3.19. The number of benzene rings is 2. The van der Waals surface area contributed by atoms with Gasteiger partial charge in [0.25, 0.3) is 0 Å². The van der Waals surface area contributed by atoms with Crippen molar-refractivity contribution in [1.82, 2.24) is 0 Å². The van der Waals surface area contributed by atoms with Crippen molar-refractivity contribution in [2.75, 3.05) is 0 Å². The molecule has 2 heterocycles. The van der Waals surface area contributed by atoms with Gasteiger partial charge >= 0.3 is 0 Å². The first-order chi connectivity index (χ1) is 11.6. The number of hydrogen-bond donors (Lipinski definition) is 0. The summed E-state index contributed by atoms with van der Waals surface area (Å²) < 4.78 is 22.5. The van der Waals surface area contributed by atoms with Crippen LogP contribution < -0.4 is 4.57 Å². The van der Waals surface area contributed by atoms with E-state index in [1.165, 1.54) is 12.1 Å². The number of fused-ring (bicyclic) bond motifs is 3. The molecule has 0 aliphatic heterocycles. The summed E-state index contributed by atoms with van der Waals surface area (Å²) in [6.45, 7) is 1.99. The van der Waals surface area contributed by atoms with Crippen LogP contribution in [-0.2, 0) is 7.05 Å². The fourth-order valence-electron chi connectivity index (χ4n) is 3.23. The summed E-state index contributed by atoms with van der Waals surface area (Å²) in [7, 11) is 1.95. The van der Waals surface area contributed by atoms with Crippen LogP contribution in [0.3, 0.4) is 0 Å². The summed E-state index contributed by atoms with van der Waals surface area (Å²) >= 11 is 0. The molecule has 3 nitrogen and oxygen atoms in total. The Morgan fingerprint density at radius 1 is 1.08 bits per heavy atom. The summed E-state index contributed by atoms with van der Waals surface area (Å²) in [5.41, 5.74) is 4.12. The average molecular weight is 317 g/mol. The van der Waals surface area contributed by atoms with Gasteiger partial charge in [0, 0.05) is 17.5 Å². The van der Waals surface area contributed by atoms with Gasteiger partial charge in [-0.25, -0.2) is 8.96 Å². The lowest BCUT2D eigenvalue weighted by molar-refractivity contribution is -0.660. The molecule has 4 rings (SSSR count). The number of hydrogen-bond acceptors (Lipinski definition) is 2. The lowest BCUT2D eigenvalue weighted by atomic mass is 9.97. The number of halogens is 1. The number of furan rings is 1. The molecular weight excluding hydrogens is 303 g/mol. The Bertz CT molecular complexity index is 1150. The van der Waals surface area contributed by atoms with Crippen LogP contribution in [0.1, 0.15) is 11.1 Å². The van der Waals surface area contributed by atoms with Gasteiger partial charge in [-0.3, -0.25) is 0 Å². The second-order valence-electron chi connectivity index (χ2n) is 5.84. The van der Waals surface area contributed by atoms with Crippen molar-refractivity contribution in [3.8, 4) is 17.3 Å². The zero-order chi connectivity index (χ0) is 16.8. The molecule has 0 radical (unpaired) electrons. The highest BCUT2D eigenvalue weighted by Crippen LogP contribution is 2.39. The van der Waals surface area contributed by atoms with Crippen LogP contribution in [0.5, 0.6) is 0 Å². The lowest BCUT2D eigenvalue weighted by Crippen LogP contribution is -2.30. The summed E-state index contributed by atoms with van der Waals surface area (Å²) in [6, 6.07) is 14.5. The van der Waals surface area contributed by atoms with Gasteiger partial charge in [0.2, 0.25) is 5.69 Å². The Balaban J connectivity index is 2.27. The second kappa shape index (κ2) is 5.17. The molecule has 0 saturated carbocycles. The van der Waals surface area contributed by atoms with Crippen molar-refractivity contribution in [3.63, 3.8) is 0 Å². The molecule has 116 valence electrons. The molecule has 0 fully saturated rings. The molecule has 2 aromatic heterocycles. The summed E-state index contributed by atoms with van der Waals surface area (Å²) in [6.07, 6.45) is 1.95. The maximum Gasteiger partial charge on any atom is 0.213 e. The third kappa shape index (κ3) is 1.92. The van der Waals surface area contributed by atoms with Gasteiger partial charge in [0.15, 0.2) is 11.8 Å². The molecule has 24 heavy (non-hydrogen) atoms. The normalized spacial score (nSPS) is 11.1. The minimum atomic E-state index is -0.381. The van der Waals surface area contributed by atoms with Crippen LogP contribution in [0.4, 0.5) is 4.39 Å². The number of pyridine rings is 1. The van der Waals surface area contributed by atoms with Gasteiger partial charge in [0.1, 0.15) is 24.5 Å². The minimum absolute atomic E-state index is 0.304. The largest absolute Gasteiger partial charge is 0.455 e. The molecule has 0 spiro atoms. The fraction of sp³-hybridized carbons (Fsp3) is 0.100. The monoisotopic (exact) mass is 317 g/mol. The predicted molar refractivity (Wildman–Crippen MR) is 89.7 cm³/mol. The topological polar surface area (TPSA) is 40.8 Å². The molecule has 0 aliphatic rings. The number of nitrogens with zero attached hydrogens (tertiary/aromatic N) is 2. The van der Waals surface area contributed by atoms with Crippen LogP contribution >= 0.6 is 0 Å². The molecule has 0 amide bonds. The number of aryl methyl sites for hydroxylation is 2. The van der Waals surface area contributed by atoms with Crippen molar-refractivity contribution in [2.45, 2.75) is 6.92 Å². The summed E-state index contributed by atoms with van der Waals surface area (Å²) in [5.74, 6) is -0.381. The van der Waals surface area contributed by atoms with Crippen LogP contribution in [0.15, 0.2) is 53.1 Å². The van der Waals surface area contributed by atoms with E-state index in [1.807, 2.05) is 55.1 Å². The Labute approximate surface area is 138 Å². The zero-order valence-electron chi connectivity index (χ0n) is 13.3. The van der Waals surface area contributed by atoms with Gasteiger partial charge in [-0.2, -0.15) is 5.26 Å². The third-order valence-electron chi connectivity index (χ3n) is 4.38. The number of nitriles is 1. The molecule has 0 atom stereocenters. The van der Waals surface area contributed by atoms with Crippen LogP contribution in [-0.4, -0.2) is 0 Å². The standard InChI is InChI=1S/C20H14FN2O/c1-12-6-9-16-19(17(12)15-5-3-4-10-23(15)2)18-14(21)8-7-13(11-22)20(18)24-16/h3-10H,1-2H3/q+1. The van der Waals surface area contributed by atoms with E-state index in [9.17, 15) is 9.65 Å². The third-order valence-corrected chi connectivity index (χ3v) is 4.38. The zero-order valence-corrected chi connectivity index (χ0v) is 13.3.